The van der Waals surface area contributed by atoms with Crippen LogP contribution in [0.25, 0.3) is 0 Å². The smallest absolute Gasteiger partial charge is 0.127 e. The van der Waals surface area contributed by atoms with Gasteiger partial charge in [0.05, 0.1) is 25.5 Å². The van der Waals surface area contributed by atoms with E-state index >= 15 is 0 Å². The first-order valence-electron chi connectivity index (χ1n) is 19.0. The molecule has 0 aliphatic rings. The van der Waals surface area contributed by atoms with Crippen LogP contribution in [0.2, 0.25) is 0 Å². The van der Waals surface area contributed by atoms with Gasteiger partial charge in [-0.05, 0) is 32.6 Å². The number of methoxy groups -OCH3 is 1. The van der Waals surface area contributed by atoms with Crippen molar-refractivity contribution in [1.82, 2.24) is 0 Å². The summed E-state index contributed by atoms with van der Waals surface area (Å²) in [6.07, 6.45) is 39.9. The molecule has 0 saturated heterocycles. The maximum absolute atomic E-state index is 6.10. The molecule has 0 spiro atoms. The molecule has 0 saturated carbocycles. The van der Waals surface area contributed by atoms with Crippen LogP contribution in [-0.4, -0.2) is 38.7 Å². The highest BCUT2D eigenvalue weighted by molar-refractivity contribution is 5.81. The molecule has 4 nitrogen and oxygen atoms in total. The second-order valence-electron chi connectivity index (χ2n) is 13.0. The lowest BCUT2D eigenvalue weighted by Gasteiger charge is -2.16. The topological polar surface area (TPSA) is 40.0 Å². The molecular weight excluding hydrogens is 518 g/mol. The van der Waals surface area contributed by atoms with Crippen LogP contribution in [0.4, 0.5) is 0 Å². The van der Waals surface area contributed by atoms with Crippen molar-refractivity contribution in [2.24, 2.45) is 5.16 Å². The lowest BCUT2D eigenvalue weighted by Crippen LogP contribution is -2.12. The maximum Gasteiger partial charge on any atom is 0.127 e. The van der Waals surface area contributed by atoms with Crippen molar-refractivity contribution in [3.8, 4) is 0 Å². The van der Waals surface area contributed by atoms with Crippen molar-refractivity contribution < 1.29 is 14.3 Å². The van der Waals surface area contributed by atoms with Crippen LogP contribution in [0.5, 0.6) is 0 Å². The predicted molar refractivity (Wildman–Crippen MR) is 186 cm³/mol. The summed E-state index contributed by atoms with van der Waals surface area (Å²) in [5, 5.41) is 4.51. The van der Waals surface area contributed by atoms with Crippen molar-refractivity contribution in [2.45, 2.75) is 213 Å². The van der Waals surface area contributed by atoms with E-state index in [0.717, 1.165) is 25.0 Å². The fraction of sp³-hybridized carbons (Fsp3) is 0.974. The molecule has 0 radical (unpaired) electrons. The zero-order valence-corrected chi connectivity index (χ0v) is 29.4. The molecule has 0 aliphatic carbocycles. The average molecular weight is 596 g/mol. The molecule has 0 aromatic rings. The van der Waals surface area contributed by atoms with E-state index in [-0.39, 0.29) is 6.10 Å². The minimum atomic E-state index is 0.273. The van der Waals surface area contributed by atoms with Crippen molar-refractivity contribution in [1.29, 1.82) is 0 Å². The molecule has 0 unspecified atom stereocenters. The third-order valence-electron chi connectivity index (χ3n) is 8.66. The highest BCUT2D eigenvalue weighted by Gasteiger charge is 2.10. The molecule has 0 aromatic carbocycles. The molecule has 252 valence electrons. The van der Waals surface area contributed by atoms with Crippen molar-refractivity contribution in [3.63, 3.8) is 0 Å². The van der Waals surface area contributed by atoms with Gasteiger partial charge < -0.3 is 14.3 Å². The minimum absolute atomic E-state index is 0.273. The Morgan fingerprint density at radius 1 is 0.476 bits per heavy atom. The van der Waals surface area contributed by atoms with Crippen LogP contribution in [0.15, 0.2) is 5.16 Å². The third-order valence-corrected chi connectivity index (χ3v) is 8.66. The Labute approximate surface area is 264 Å². The standard InChI is InChI=1S/C38H77NO3/c1-5-7-9-11-13-15-17-19-21-23-25-27-29-31-38(42-39-37(3)33-34-41-36-35-40-4)32-30-28-26-24-22-20-18-16-14-12-10-8-6-2/h38H,5-36H2,1-4H3/b39-37-. The molecule has 0 aliphatic heterocycles. The largest absolute Gasteiger partial charge is 0.393 e. The molecule has 0 rings (SSSR count). The first kappa shape index (κ1) is 41.4. The number of rotatable bonds is 36. The molecule has 0 atom stereocenters. The summed E-state index contributed by atoms with van der Waals surface area (Å²) in [4.78, 5) is 6.10. The molecule has 42 heavy (non-hydrogen) atoms. The van der Waals surface area contributed by atoms with E-state index in [1.165, 1.54) is 167 Å². The summed E-state index contributed by atoms with van der Waals surface area (Å²) in [7, 11) is 1.71. The fourth-order valence-electron chi connectivity index (χ4n) is 5.70. The lowest BCUT2D eigenvalue weighted by molar-refractivity contribution is 0.0413. The Morgan fingerprint density at radius 3 is 1.19 bits per heavy atom. The first-order chi connectivity index (χ1) is 20.7. The fourth-order valence-corrected chi connectivity index (χ4v) is 5.70. The third kappa shape index (κ3) is 33.9. The monoisotopic (exact) mass is 596 g/mol. The predicted octanol–water partition coefficient (Wildman–Crippen LogP) is 12.8. The van der Waals surface area contributed by atoms with Crippen molar-refractivity contribution in [3.05, 3.63) is 0 Å². The van der Waals surface area contributed by atoms with Crippen molar-refractivity contribution >= 4 is 5.71 Å². The molecule has 0 amide bonds. The Morgan fingerprint density at radius 2 is 0.833 bits per heavy atom. The van der Waals surface area contributed by atoms with E-state index < -0.39 is 0 Å². The quantitative estimate of drug-likeness (QED) is 0.0411. The van der Waals surface area contributed by atoms with Crippen molar-refractivity contribution in [2.75, 3.05) is 26.9 Å². The summed E-state index contributed by atoms with van der Waals surface area (Å²) < 4.78 is 10.6. The average Bonchev–Trinajstić information content (AvgIpc) is 3.00. The molecule has 0 heterocycles. The summed E-state index contributed by atoms with van der Waals surface area (Å²) in [6, 6.07) is 0. The van der Waals surface area contributed by atoms with Gasteiger partial charge in [0.1, 0.15) is 6.10 Å². The number of oxime groups is 1. The first-order valence-corrected chi connectivity index (χ1v) is 19.0. The molecule has 0 N–H and O–H groups in total. The molecule has 0 aromatic heterocycles. The summed E-state index contributed by atoms with van der Waals surface area (Å²) in [5.41, 5.74) is 1.04. The van der Waals surface area contributed by atoms with E-state index in [9.17, 15) is 0 Å². The van der Waals surface area contributed by atoms with Gasteiger partial charge in [-0.15, -0.1) is 0 Å². The Balaban J connectivity index is 4.03. The van der Waals surface area contributed by atoms with Gasteiger partial charge in [0.2, 0.25) is 0 Å². The van der Waals surface area contributed by atoms with Gasteiger partial charge in [0, 0.05) is 13.5 Å². The van der Waals surface area contributed by atoms with E-state index in [4.69, 9.17) is 14.3 Å². The highest BCUT2D eigenvalue weighted by atomic mass is 16.6. The van der Waals surface area contributed by atoms with Crippen LogP contribution >= 0.6 is 0 Å². The van der Waals surface area contributed by atoms with Gasteiger partial charge >= 0.3 is 0 Å². The van der Waals surface area contributed by atoms with E-state index in [1.54, 1.807) is 7.11 Å². The Kier molecular flexibility index (Phi) is 36.0. The second kappa shape index (κ2) is 36.6. The SMILES string of the molecule is CCCCCCCCCCCCCCCC(CCCCCCCCCCCCCCC)O/N=C(/C)CCOCCOC. The van der Waals surface area contributed by atoms with Gasteiger partial charge in [0.25, 0.3) is 0 Å². The van der Waals surface area contributed by atoms with Crippen LogP contribution in [0.1, 0.15) is 207 Å². The van der Waals surface area contributed by atoms with Gasteiger partial charge in [-0.1, -0.05) is 173 Å². The zero-order valence-electron chi connectivity index (χ0n) is 29.4. The molecule has 4 heteroatoms. The Hall–Kier alpha value is -0.610. The summed E-state index contributed by atoms with van der Waals surface area (Å²) in [5.74, 6) is 0. The van der Waals surface area contributed by atoms with Gasteiger partial charge in [0.15, 0.2) is 0 Å². The minimum Gasteiger partial charge on any atom is -0.393 e. The van der Waals surface area contributed by atoms with Crippen LogP contribution in [0, 0.1) is 0 Å². The Bertz CT molecular complexity index is 494. The maximum atomic E-state index is 6.10. The normalized spacial score (nSPS) is 12.1. The number of nitrogens with zero attached hydrogens (tertiary/aromatic N) is 1. The van der Waals surface area contributed by atoms with Gasteiger partial charge in [-0.3, -0.25) is 0 Å². The lowest BCUT2D eigenvalue weighted by atomic mass is 10.0. The zero-order chi connectivity index (χ0) is 30.6. The number of hydrogen-bond donors (Lipinski definition) is 0. The van der Waals surface area contributed by atoms with E-state index in [2.05, 4.69) is 25.9 Å². The van der Waals surface area contributed by atoms with Crippen LogP contribution in [0.3, 0.4) is 0 Å². The highest BCUT2D eigenvalue weighted by Crippen LogP contribution is 2.19. The number of unbranched alkanes of at least 4 members (excludes halogenated alkanes) is 24. The van der Waals surface area contributed by atoms with Gasteiger partial charge in [-0.25, -0.2) is 0 Å². The van der Waals surface area contributed by atoms with E-state index in [1.807, 2.05) is 0 Å². The second-order valence-corrected chi connectivity index (χ2v) is 13.0. The summed E-state index contributed by atoms with van der Waals surface area (Å²) in [6.45, 7) is 8.63. The number of hydrogen-bond acceptors (Lipinski definition) is 4. The van der Waals surface area contributed by atoms with E-state index in [0.29, 0.717) is 19.8 Å². The van der Waals surface area contributed by atoms with Crippen LogP contribution in [-0.2, 0) is 14.3 Å². The molecule has 0 fully saturated rings. The molecule has 0 bridgehead atoms. The summed E-state index contributed by atoms with van der Waals surface area (Å²) >= 11 is 0. The van der Waals surface area contributed by atoms with Gasteiger partial charge in [-0.2, -0.15) is 0 Å². The molecular formula is C38H77NO3. The number of ether oxygens (including phenoxy) is 2. The van der Waals surface area contributed by atoms with Crippen LogP contribution < -0.4 is 0 Å².